The fourth-order valence-electron chi connectivity index (χ4n) is 3.08. The molecule has 1 aromatic carbocycles. The predicted molar refractivity (Wildman–Crippen MR) is 98.1 cm³/mol. The Morgan fingerprint density at radius 2 is 1.92 bits per heavy atom. The summed E-state index contributed by atoms with van der Waals surface area (Å²) in [6.07, 6.45) is 7.50. The molecular weight excluding hydrogens is 316 g/mol. The molecule has 2 N–H and O–H groups in total. The molecule has 0 radical (unpaired) electrons. The van der Waals surface area contributed by atoms with Gasteiger partial charge in [0.1, 0.15) is 0 Å². The molecule has 2 rings (SSSR count). The molecule has 0 unspecified atom stereocenters. The van der Waals surface area contributed by atoms with E-state index in [1.807, 2.05) is 31.2 Å². The molecular formula is C20H28N2O3. The zero-order chi connectivity index (χ0) is 18.1. The maximum Gasteiger partial charge on any atom is 0.309 e. The number of ether oxygens (including phenoxy) is 1. The van der Waals surface area contributed by atoms with E-state index in [0.29, 0.717) is 6.54 Å². The molecule has 25 heavy (non-hydrogen) atoms. The van der Waals surface area contributed by atoms with Gasteiger partial charge in [-0.2, -0.15) is 0 Å². The van der Waals surface area contributed by atoms with Gasteiger partial charge in [-0.15, -0.1) is 0 Å². The van der Waals surface area contributed by atoms with E-state index >= 15 is 0 Å². The third-order valence-corrected chi connectivity index (χ3v) is 4.59. The third kappa shape index (κ3) is 6.02. The minimum absolute atomic E-state index is 0.263. The highest BCUT2D eigenvalue weighted by Gasteiger charge is 2.17. The average molecular weight is 344 g/mol. The largest absolute Gasteiger partial charge is 0.375 e. The van der Waals surface area contributed by atoms with E-state index in [9.17, 15) is 9.59 Å². The summed E-state index contributed by atoms with van der Waals surface area (Å²) < 4.78 is 5.45. The Morgan fingerprint density at radius 3 is 2.60 bits per heavy atom. The number of amides is 2. The molecule has 136 valence electrons. The van der Waals surface area contributed by atoms with Gasteiger partial charge in [0.15, 0.2) is 0 Å². The molecule has 0 bridgehead atoms. The van der Waals surface area contributed by atoms with Crippen molar-refractivity contribution in [3.63, 3.8) is 0 Å². The van der Waals surface area contributed by atoms with E-state index in [-0.39, 0.29) is 12.6 Å². The van der Waals surface area contributed by atoms with E-state index < -0.39 is 11.8 Å². The Balaban J connectivity index is 1.75. The second-order valence-electron chi connectivity index (χ2n) is 6.41. The van der Waals surface area contributed by atoms with Crippen molar-refractivity contribution in [2.24, 2.45) is 0 Å². The van der Waals surface area contributed by atoms with Gasteiger partial charge in [-0.1, -0.05) is 35.9 Å². The lowest BCUT2D eigenvalue weighted by molar-refractivity contribution is -0.139. The number of carbonyl (C=O) groups excluding carboxylic acids is 2. The van der Waals surface area contributed by atoms with Crippen LogP contribution in [0.1, 0.15) is 49.3 Å². The van der Waals surface area contributed by atoms with Crippen LogP contribution in [-0.2, 0) is 14.3 Å². The molecule has 0 aromatic heterocycles. The zero-order valence-electron chi connectivity index (χ0n) is 15.1. The van der Waals surface area contributed by atoms with Gasteiger partial charge in [0.05, 0.1) is 6.10 Å². The lowest BCUT2D eigenvalue weighted by Gasteiger charge is -2.18. The normalized spacial score (nSPS) is 15.2. The Morgan fingerprint density at radius 1 is 1.16 bits per heavy atom. The monoisotopic (exact) mass is 344 g/mol. The summed E-state index contributed by atoms with van der Waals surface area (Å²) in [6.45, 7) is 2.76. The van der Waals surface area contributed by atoms with Crippen molar-refractivity contribution in [3.05, 3.63) is 47.0 Å². The maximum atomic E-state index is 12.0. The molecule has 0 heterocycles. The van der Waals surface area contributed by atoms with Crippen molar-refractivity contribution >= 4 is 11.8 Å². The lowest BCUT2D eigenvalue weighted by atomic mass is 9.97. The Labute approximate surface area is 149 Å². The third-order valence-electron chi connectivity index (χ3n) is 4.59. The van der Waals surface area contributed by atoms with Crippen LogP contribution < -0.4 is 10.6 Å². The first-order chi connectivity index (χ1) is 12.1. The van der Waals surface area contributed by atoms with Crippen molar-refractivity contribution in [2.45, 2.75) is 45.1 Å². The number of benzene rings is 1. The summed E-state index contributed by atoms with van der Waals surface area (Å²) in [6, 6.07) is 7.85. The molecule has 5 heteroatoms. The molecule has 0 spiro atoms. The second kappa shape index (κ2) is 9.99. The Kier molecular flexibility index (Phi) is 7.67. The SMILES string of the molecule is CO[C@@H](CNC(=O)C(=O)NCCC1=CCCCC1)c1ccccc1C. The molecule has 2 amide bonds. The molecule has 1 aliphatic carbocycles. The maximum absolute atomic E-state index is 12.0. The van der Waals surface area contributed by atoms with Crippen molar-refractivity contribution < 1.29 is 14.3 Å². The van der Waals surface area contributed by atoms with Crippen LogP contribution in [0.4, 0.5) is 0 Å². The fourth-order valence-corrected chi connectivity index (χ4v) is 3.08. The van der Waals surface area contributed by atoms with E-state index in [1.165, 1.54) is 18.4 Å². The number of rotatable bonds is 7. The molecule has 0 aliphatic heterocycles. The number of methoxy groups -OCH3 is 1. The highest BCUT2D eigenvalue weighted by molar-refractivity contribution is 6.35. The molecule has 1 aliphatic rings. The van der Waals surface area contributed by atoms with Gasteiger partial charge < -0.3 is 15.4 Å². The van der Waals surface area contributed by atoms with Gasteiger partial charge in [0.2, 0.25) is 0 Å². The van der Waals surface area contributed by atoms with Crippen LogP contribution in [0.3, 0.4) is 0 Å². The van der Waals surface area contributed by atoms with Crippen molar-refractivity contribution in [3.8, 4) is 0 Å². The van der Waals surface area contributed by atoms with Crippen LogP contribution in [0.2, 0.25) is 0 Å². The van der Waals surface area contributed by atoms with E-state index in [1.54, 1.807) is 7.11 Å². The summed E-state index contributed by atoms with van der Waals surface area (Å²) in [7, 11) is 1.60. The number of hydrogen-bond acceptors (Lipinski definition) is 3. The lowest BCUT2D eigenvalue weighted by Crippen LogP contribution is -2.42. The first kappa shape index (κ1) is 19.2. The number of nitrogens with one attached hydrogen (secondary N) is 2. The molecule has 5 nitrogen and oxygen atoms in total. The van der Waals surface area contributed by atoms with Gasteiger partial charge in [0.25, 0.3) is 0 Å². The highest BCUT2D eigenvalue weighted by atomic mass is 16.5. The Hall–Kier alpha value is -2.14. The average Bonchev–Trinajstić information content (AvgIpc) is 2.64. The van der Waals surface area contributed by atoms with Crippen molar-refractivity contribution in [1.29, 1.82) is 0 Å². The first-order valence-electron chi connectivity index (χ1n) is 8.94. The van der Waals surface area contributed by atoms with Crippen molar-refractivity contribution in [2.75, 3.05) is 20.2 Å². The van der Waals surface area contributed by atoms with Crippen LogP contribution in [0, 0.1) is 6.92 Å². The number of allylic oxidation sites excluding steroid dienone is 1. The summed E-state index contributed by atoms with van der Waals surface area (Å²) >= 11 is 0. The van der Waals surface area contributed by atoms with Gasteiger partial charge in [-0.05, 0) is 50.2 Å². The molecule has 1 aromatic rings. The molecule has 0 saturated carbocycles. The minimum atomic E-state index is -0.617. The quantitative estimate of drug-likeness (QED) is 0.590. The number of carbonyl (C=O) groups is 2. The summed E-state index contributed by atoms with van der Waals surface area (Å²) in [5.74, 6) is -1.20. The van der Waals surface area contributed by atoms with Crippen LogP contribution in [0.25, 0.3) is 0 Å². The number of aryl methyl sites for hydroxylation is 1. The van der Waals surface area contributed by atoms with Crippen molar-refractivity contribution in [1.82, 2.24) is 10.6 Å². The first-order valence-corrected chi connectivity index (χ1v) is 8.94. The topological polar surface area (TPSA) is 67.4 Å². The highest BCUT2D eigenvalue weighted by Crippen LogP contribution is 2.20. The zero-order valence-corrected chi connectivity index (χ0v) is 15.1. The fraction of sp³-hybridized carbons (Fsp3) is 0.500. The second-order valence-corrected chi connectivity index (χ2v) is 6.41. The van der Waals surface area contributed by atoms with Crippen LogP contribution in [0.5, 0.6) is 0 Å². The summed E-state index contributed by atoms with van der Waals surface area (Å²) in [5, 5.41) is 5.35. The Bertz CT molecular complexity index is 625. The number of hydrogen-bond donors (Lipinski definition) is 2. The molecule has 0 saturated heterocycles. The van der Waals surface area contributed by atoms with E-state index in [0.717, 1.165) is 30.4 Å². The van der Waals surface area contributed by atoms with Crippen LogP contribution in [0.15, 0.2) is 35.9 Å². The summed E-state index contributed by atoms with van der Waals surface area (Å²) in [5.41, 5.74) is 3.48. The van der Waals surface area contributed by atoms with Gasteiger partial charge in [0, 0.05) is 20.2 Å². The molecule has 0 fully saturated rings. The predicted octanol–water partition coefficient (Wildman–Crippen LogP) is 2.81. The minimum Gasteiger partial charge on any atom is -0.375 e. The smallest absolute Gasteiger partial charge is 0.309 e. The van der Waals surface area contributed by atoms with Gasteiger partial charge in [-0.25, -0.2) is 0 Å². The molecule has 1 atom stereocenters. The standard InChI is InChI=1S/C20H28N2O3/c1-15-8-6-7-11-17(15)18(25-2)14-22-20(24)19(23)21-13-12-16-9-4-3-5-10-16/h6-9,11,18H,3-5,10,12-14H2,1-2H3,(H,21,23)(H,22,24)/t18-/m0/s1. The van der Waals surface area contributed by atoms with E-state index in [4.69, 9.17) is 4.74 Å². The summed E-state index contributed by atoms with van der Waals surface area (Å²) in [4.78, 5) is 23.9. The van der Waals surface area contributed by atoms with Gasteiger partial charge in [-0.3, -0.25) is 9.59 Å². The van der Waals surface area contributed by atoms with E-state index in [2.05, 4.69) is 16.7 Å². The van der Waals surface area contributed by atoms with Crippen LogP contribution >= 0.6 is 0 Å². The van der Waals surface area contributed by atoms with Crippen LogP contribution in [-0.4, -0.2) is 32.0 Å². The van der Waals surface area contributed by atoms with Gasteiger partial charge >= 0.3 is 11.8 Å².